The van der Waals surface area contributed by atoms with Crippen LogP contribution in [-0.4, -0.2) is 6.54 Å². The highest BCUT2D eigenvalue weighted by molar-refractivity contribution is 5.50. The summed E-state index contributed by atoms with van der Waals surface area (Å²) in [6, 6.07) is 15.4. The van der Waals surface area contributed by atoms with Gasteiger partial charge in [0.1, 0.15) is 5.82 Å². The van der Waals surface area contributed by atoms with Crippen LogP contribution in [0.4, 0.5) is 10.1 Å². The van der Waals surface area contributed by atoms with Crippen LogP contribution in [0.2, 0.25) is 0 Å². The fraction of sp³-hybridized carbons (Fsp3) is 0.333. The van der Waals surface area contributed by atoms with Crippen molar-refractivity contribution in [2.24, 2.45) is 5.92 Å². The minimum Gasteiger partial charge on any atom is -0.384 e. The molecule has 2 aromatic rings. The lowest BCUT2D eigenvalue weighted by molar-refractivity contribution is 0.517. The van der Waals surface area contributed by atoms with Crippen LogP contribution in [0, 0.1) is 18.7 Å². The maximum Gasteiger partial charge on any atom is 0.123 e. The summed E-state index contributed by atoms with van der Waals surface area (Å²) in [6.45, 7) is 7.25. The van der Waals surface area contributed by atoms with E-state index in [9.17, 15) is 4.39 Å². The summed E-state index contributed by atoms with van der Waals surface area (Å²) >= 11 is 0. The molecule has 0 bridgehead atoms. The minimum absolute atomic E-state index is 0.184. The Morgan fingerprint density at radius 3 is 2.35 bits per heavy atom. The summed E-state index contributed by atoms with van der Waals surface area (Å²) in [5.41, 5.74) is 3.29. The molecule has 2 heteroatoms. The Kier molecular flexibility index (Phi) is 4.78. The van der Waals surface area contributed by atoms with Gasteiger partial charge in [-0.1, -0.05) is 44.2 Å². The van der Waals surface area contributed by atoms with Gasteiger partial charge in [-0.2, -0.15) is 0 Å². The van der Waals surface area contributed by atoms with Gasteiger partial charge in [0.2, 0.25) is 0 Å². The number of nitrogens with one attached hydrogen (secondary N) is 1. The van der Waals surface area contributed by atoms with Crippen molar-refractivity contribution in [1.29, 1.82) is 0 Å². The van der Waals surface area contributed by atoms with Crippen molar-refractivity contribution in [2.45, 2.75) is 26.7 Å². The molecule has 0 heterocycles. The third-order valence-electron chi connectivity index (χ3n) is 3.73. The molecule has 0 aliphatic carbocycles. The first-order chi connectivity index (χ1) is 9.58. The van der Waals surface area contributed by atoms with Gasteiger partial charge in [0.25, 0.3) is 0 Å². The molecule has 0 amide bonds. The quantitative estimate of drug-likeness (QED) is 0.808. The van der Waals surface area contributed by atoms with E-state index in [4.69, 9.17) is 0 Å². The third kappa shape index (κ3) is 3.60. The van der Waals surface area contributed by atoms with Crippen molar-refractivity contribution in [3.8, 4) is 0 Å². The van der Waals surface area contributed by atoms with E-state index in [1.54, 1.807) is 6.07 Å². The van der Waals surface area contributed by atoms with Crippen LogP contribution in [0.15, 0.2) is 48.5 Å². The summed E-state index contributed by atoms with van der Waals surface area (Å²) in [6.07, 6.45) is 0. The molecule has 1 atom stereocenters. The van der Waals surface area contributed by atoms with E-state index < -0.39 is 0 Å². The van der Waals surface area contributed by atoms with Gasteiger partial charge < -0.3 is 5.32 Å². The SMILES string of the molecule is Cc1cc(F)ccc1NCC(c1ccccc1)C(C)C. The topological polar surface area (TPSA) is 12.0 Å². The molecule has 2 rings (SSSR count). The normalized spacial score (nSPS) is 12.4. The average molecular weight is 271 g/mol. The molecule has 2 aromatic carbocycles. The van der Waals surface area contributed by atoms with Crippen molar-refractivity contribution in [1.82, 2.24) is 0 Å². The summed E-state index contributed by atoms with van der Waals surface area (Å²) in [5, 5.41) is 3.45. The van der Waals surface area contributed by atoms with E-state index in [2.05, 4.69) is 43.4 Å². The molecule has 0 saturated carbocycles. The Balaban J connectivity index is 2.10. The number of halogens is 1. The molecule has 0 fully saturated rings. The summed E-state index contributed by atoms with van der Waals surface area (Å²) in [7, 11) is 0. The first-order valence-electron chi connectivity index (χ1n) is 7.13. The standard InChI is InChI=1S/C18H22FN/c1-13(2)17(15-7-5-4-6-8-15)12-20-18-10-9-16(19)11-14(18)3/h4-11,13,17,20H,12H2,1-3H3. The average Bonchev–Trinajstić information content (AvgIpc) is 2.42. The third-order valence-corrected chi connectivity index (χ3v) is 3.73. The molecule has 0 aliphatic heterocycles. The van der Waals surface area contributed by atoms with Gasteiger partial charge in [-0.15, -0.1) is 0 Å². The Labute approximate surface area is 120 Å². The molecule has 106 valence electrons. The lowest BCUT2D eigenvalue weighted by Gasteiger charge is -2.23. The van der Waals surface area contributed by atoms with E-state index in [1.165, 1.54) is 11.6 Å². The minimum atomic E-state index is -0.184. The van der Waals surface area contributed by atoms with Gasteiger partial charge in [-0.3, -0.25) is 0 Å². The van der Waals surface area contributed by atoms with Crippen LogP contribution < -0.4 is 5.32 Å². The molecular weight excluding hydrogens is 249 g/mol. The zero-order chi connectivity index (χ0) is 14.5. The van der Waals surface area contributed by atoms with Gasteiger partial charge in [-0.05, 0) is 42.2 Å². The molecule has 1 N–H and O–H groups in total. The Hall–Kier alpha value is -1.83. The number of benzene rings is 2. The second-order valence-corrected chi connectivity index (χ2v) is 5.60. The Morgan fingerprint density at radius 2 is 1.75 bits per heavy atom. The molecule has 0 spiro atoms. The first kappa shape index (κ1) is 14.6. The van der Waals surface area contributed by atoms with Crippen LogP contribution in [-0.2, 0) is 0 Å². The Bertz CT molecular complexity index is 549. The second-order valence-electron chi connectivity index (χ2n) is 5.60. The number of aryl methyl sites for hydroxylation is 1. The van der Waals surface area contributed by atoms with Crippen molar-refractivity contribution in [2.75, 3.05) is 11.9 Å². The predicted octanol–water partition coefficient (Wildman–Crippen LogP) is 4.99. The van der Waals surface area contributed by atoms with Gasteiger partial charge in [0.05, 0.1) is 0 Å². The van der Waals surface area contributed by atoms with Crippen LogP contribution >= 0.6 is 0 Å². The monoisotopic (exact) mass is 271 g/mol. The Morgan fingerprint density at radius 1 is 1.05 bits per heavy atom. The molecule has 0 saturated heterocycles. The molecule has 0 radical (unpaired) electrons. The van der Waals surface area contributed by atoms with E-state index >= 15 is 0 Å². The molecule has 1 nitrogen and oxygen atoms in total. The van der Waals surface area contributed by atoms with Crippen LogP contribution in [0.1, 0.15) is 30.9 Å². The predicted molar refractivity (Wildman–Crippen MR) is 83.6 cm³/mol. The molecule has 1 unspecified atom stereocenters. The highest BCUT2D eigenvalue weighted by Gasteiger charge is 2.15. The highest BCUT2D eigenvalue weighted by Crippen LogP contribution is 2.25. The van der Waals surface area contributed by atoms with Gasteiger partial charge in [0.15, 0.2) is 0 Å². The van der Waals surface area contributed by atoms with Crippen molar-refractivity contribution < 1.29 is 4.39 Å². The summed E-state index contributed by atoms with van der Waals surface area (Å²) in [5.74, 6) is 0.808. The number of hydrogen-bond acceptors (Lipinski definition) is 1. The highest BCUT2D eigenvalue weighted by atomic mass is 19.1. The maximum atomic E-state index is 13.1. The van der Waals surface area contributed by atoms with Gasteiger partial charge >= 0.3 is 0 Å². The number of hydrogen-bond donors (Lipinski definition) is 1. The summed E-state index contributed by atoms with van der Waals surface area (Å²) in [4.78, 5) is 0. The second kappa shape index (κ2) is 6.56. The smallest absolute Gasteiger partial charge is 0.123 e. The van der Waals surface area contributed by atoms with Gasteiger partial charge in [0, 0.05) is 18.2 Å². The summed E-state index contributed by atoms with van der Waals surface area (Å²) < 4.78 is 13.1. The lowest BCUT2D eigenvalue weighted by Crippen LogP contribution is -2.18. The van der Waals surface area contributed by atoms with Crippen LogP contribution in [0.3, 0.4) is 0 Å². The van der Waals surface area contributed by atoms with E-state index in [1.807, 2.05) is 19.1 Å². The number of anilines is 1. The zero-order valence-corrected chi connectivity index (χ0v) is 12.4. The van der Waals surface area contributed by atoms with E-state index in [-0.39, 0.29) is 5.82 Å². The fourth-order valence-electron chi connectivity index (χ4n) is 2.48. The fourth-order valence-corrected chi connectivity index (χ4v) is 2.48. The van der Waals surface area contributed by atoms with Crippen molar-refractivity contribution in [3.63, 3.8) is 0 Å². The van der Waals surface area contributed by atoms with Crippen molar-refractivity contribution in [3.05, 3.63) is 65.5 Å². The van der Waals surface area contributed by atoms with E-state index in [0.717, 1.165) is 17.8 Å². The van der Waals surface area contributed by atoms with Crippen molar-refractivity contribution >= 4 is 5.69 Å². The molecule has 0 aromatic heterocycles. The van der Waals surface area contributed by atoms with Crippen LogP contribution in [0.25, 0.3) is 0 Å². The van der Waals surface area contributed by atoms with Crippen LogP contribution in [0.5, 0.6) is 0 Å². The zero-order valence-electron chi connectivity index (χ0n) is 12.4. The lowest BCUT2D eigenvalue weighted by atomic mass is 9.88. The van der Waals surface area contributed by atoms with E-state index in [0.29, 0.717) is 11.8 Å². The number of rotatable bonds is 5. The first-order valence-corrected chi connectivity index (χ1v) is 7.13. The maximum absolute atomic E-state index is 13.1. The largest absolute Gasteiger partial charge is 0.384 e. The molecule has 20 heavy (non-hydrogen) atoms. The molecule has 0 aliphatic rings. The molecular formula is C18H22FN. The van der Waals surface area contributed by atoms with Gasteiger partial charge in [-0.25, -0.2) is 4.39 Å².